The van der Waals surface area contributed by atoms with Crippen LogP contribution in [0.15, 0.2) is 91.8 Å². The molecule has 2 heterocycles. The average Bonchev–Trinajstić information content (AvgIpc) is 3.81. The van der Waals surface area contributed by atoms with E-state index in [4.69, 9.17) is 25.1 Å². The van der Waals surface area contributed by atoms with Gasteiger partial charge in [0.15, 0.2) is 10.6 Å². The zero-order chi connectivity index (χ0) is 36.0. The lowest BCUT2D eigenvalue weighted by atomic mass is 9.80. The number of amidine groups is 1. The fraction of sp³-hybridized carbons (Fsp3) is 0.579. The van der Waals surface area contributed by atoms with Crippen LogP contribution in [0.25, 0.3) is 0 Å². The SMILES string of the molecule is CC1=CCC=CC(C)=C1[C@H]1NN=C(OC[C@@H](CC2CCC2)N(CC(N)=N/C=C(\C)OC(C)C)C2(C3=CC([S+](N)[O-])=CC(C)C=C3)CO2)C1CF. The van der Waals surface area contributed by atoms with Crippen molar-refractivity contribution in [2.24, 2.45) is 38.7 Å². The number of allylic oxidation sites excluding steroid dienone is 8. The zero-order valence-corrected chi connectivity index (χ0v) is 31.2. The van der Waals surface area contributed by atoms with Crippen LogP contribution in [0.2, 0.25) is 0 Å². The molecule has 2 aliphatic heterocycles. The predicted octanol–water partition coefficient (Wildman–Crippen LogP) is 5.97. The first kappa shape index (κ1) is 38.1. The first-order chi connectivity index (χ1) is 23.9. The number of hydrogen-bond acceptors (Lipinski definition) is 9. The molecule has 1 saturated heterocycles. The van der Waals surface area contributed by atoms with Gasteiger partial charge in [-0.15, -0.1) is 10.2 Å². The van der Waals surface area contributed by atoms with Crippen LogP contribution in [0.1, 0.15) is 73.6 Å². The quantitative estimate of drug-likeness (QED) is 0.0620. The Balaban J connectivity index is 1.46. The van der Waals surface area contributed by atoms with Crippen molar-refractivity contribution in [2.45, 2.75) is 97.6 Å². The van der Waals surface area contributed by atoms with Crippen LogP contribution in [-0.2, 0) is 25.6 Å². The maximum Gasteiger partial charge on any atom is 0.214 e. The number of nitrogens with zero attached hydrogens (tertiary/aromatic N) is 3. The third-order valence-corrected chi connectivity index (χ3v) is 10.7. The van der Waals surface area contributed by atoms with E-state index < -0.39 is 29.7 Å². The highest BCUT2D eigenvalue weighted by Gasteiger charge is 2.56. The van der Waals surface area contributed by atoms with Crippen LogP contribution >= 0.6 is 0 Å². The van der Waals surface area contributed by atoms with Gasteiger partial charge in [-0.3, -0.25) is 14.7 Å². The van der Waals surface area contributed by atoms with E-state index in [2.05, 4.69) is 58.6 Å². The van der Waals surface area contributed by atoms with Crippen molar-refractivity contribution in [3.8, 4) is 0 Å². The largest absolute Gasteiger partial charge is 0.593 e. The van der Waals surface area contributed by atoms with Crippen molar-refractivity contribution in [3.63, 3.8) is 0 Å². The number of hydrogen-bond donors (Lipinski definition) is 3. The predicted molar refractivity (Wildman–Crippen MR) is 200 cm³/mol. The number of nitrogens with one attached hydrogen (secondary N) is 1. The Morgan fingerprint density at radius 3 is 2.72 bits per heavy atom. The Kier molecular flexibility index (Phi) is 12.9. The maximum absolute atomic E-state index is 14.9. The van der Waals surface area contributed by atoms with Gasteiger partial charge in [0.1, 0.15) is 24.9 Å². The maximum atomic E-state index is 14.9. The van der Waals surface area contributed by atoms with Crippen molar-refractivity contribution in [1.82, 2.24) is 10.3 Å². The summed E-state index contributed by atoms with van der Waals surface area (Å²) in [5, 5.41) is 10.5. The van der Waals surface area contributed by atoms with Gasteiger partial charge in [0.2, 0.25) is 5.90 Å². The Morgan fingerprint density at radius 2 is 2.08 bits per heavy atom. The van der Waals surface area contributed by atoms with Gasteiger partial charge in [0, 0.05) is 17.7 Å². The third kappa shape index (κ3) is 9.19. The summed E-state index contributed by atoms with van der Waals surface area (Å²) in [6.07, 6.45) is 21.0. The lowest BCUT2D eigenvalue weighted by Crippen LogP contribution is -2.53. The molecule has 3 aliphatic carbocycles. The summed E-state index contributed by atoms with van der Waals surface area (Å²) in [6.45, 7) is 12.2. The summed E-state index contributed by atoms with van der Waals surface area (Å²) < 4.78 is 46.1. The topological polar surface area (TPSA) is 146 Å². The standard InChI is InChI=1S/C38H55FN6O4S/c1-24(2)49-28(6)20-42-34(40)21-45(38(23-48-38)30-15-14-25(3)16-32(18-30)50(41)46)31(17-29-12-9-13-29)22-47-37-33(19-39)36(43-44-37)35-26(4)10-7-8-11-27(35)5/h7,10-11,14-16,18,20,24-25,29,31,33,36,43H,8-9,12-13,17,19,21-23,41H2,1-6H3,(H2,40,42)/b28-20+/t25?,31-,33?,36+,38?,50?/m1/s1. The van der Waals surface area contributed by atoms with Crippen molar-refractivity contribution in [2.75, 3.05) is 26.4 Å². The van der Waals surface area contributed by atoms with E-state index in [-0.39, 0.29) is 37.3 Å². The Hall–Kier alpha value is -3.16. The monoisotopic (exact) mass is 710 g/mol. The van der Waals surface area contributed by atoms with Crippen LogP contribution in [-0.4, -0.2) is 71.5 Å². The summed E-state index contributed by atoms with van der Waals surface area (Å²) in [4.78, 5) is 7.32. The molecule has 0 amide bonds. The third-order valence-electron chi connectivity index (χ3n) is 10.0. The molecule has 0 bridgehead atoms. The highest BCUT2D eigenvalue weighted by molar-refractivity contribution is 7.93. The van der Waals surface area contributed by atoms with Gasteiger partial charge < -0.3 is 24.5 Å². The average molecular weight is 711 g/mol. The molecule has 5 N–H and O–H groups in total. The number of nitrogens with two attached hydrogens (primary N) is 2. The Morgan fingerprint density at radius 1 is 1.32 bits per heavy atom. The van der Waals surface area contributed by atoms with Gasteiger partial charge in [-0.05, 0) is 82.1 Å². The number of ether oxygens (including phenoxy) is 3. The highest BCUT2D eigenvalue weighted by atomic mass is 32.2. The molecule has 4 unspecified atom stereocenters. The second kappa shape index (κ2) is 16.9. The molecule has 5 rings (SSSR count). The molecule has 10 nitrogen and oxygen atoms in total. The second-order valence-corrected chi connectivity index (χ2v) is 15.4. The van der Waals surface area contributed by atoms with E-state index in [1.54, 1.807) is 6.20 Å². The van der Waals surface area contributed by atoms with E-state index >= 15 is 0 Å². The Bertz CT molecular complexity index is 1520. The van der Waals surface area contributed by atoms with Gasteiger partial charge in [-0.25, -0.2) is 4.99 Å². The molecular weight excluding hydrogens is 656 g/mol. The molecule has 6 atom stereocenters. The van der Waals surface area contributed by atoms with Crippen molar-refractivity contribution < 1.29 is 23.2 Å². The van der Waals surface area contributed by atoms with Crippen LogP contribution in [0.5, 0.6) is 0 Å². The normalized spacial score (nSPS) is 28.7. The van der Waals surface area contributed by atoms with Crippen LogP contribution in [0, 0.1) is 17.8 Å². The molecule has 0 aromatic carbocycles. The Labute approximate surface area is 300 Å². The fourth-order valence-corrected chi connectivity index (χ4v) is 7.77. The van der Waals surface area contributed by atoms with Crippen molar-refractivity contribution in [1.29, 1.82) is 0 Å². The number of hydrazone groups is 1. The fourth-order valence-electron chi connectivity index (χ4n) is 7.18. The zero-order valence-electron chi connectivity index (χ0n) is 30.4. The van der Waals surface area contributed by atoms with Gasteiger partial charge in [0.25, 0.3) is 0 Å². The molecular formula is C38H55FN6O4S. The second-order valence-electron chi connectivity index (χ2n) is 14.3. The summed E-state index contributed by atoms with van der Waals surface area (Å²) in [7, 11) is 0. The van der Waals surface area contributed by atoms with E-state index in [9.17, 15) is 8.94 Å². The molecule has 0 aromatic heterocycles. The van der Waals surface area contributed by atoms with E-state index in [0.717, 1.165) is 48.0 Å². The first-order valence-electron chi connectivity index (χ1n) is 17.8. The summed E-state index contributed by atoms with van der Waals surface area (Å²) >= 11 is -1.68. The van der Waals surface area contributed by atoms with E-state index in [0.29, 0.717) is 34.9 Å². The van der Waals surface area contributed by atoms with Gasteiger partial charge in [0.05, 0.1) is 48.8 Å². The number of epoxide rings is 1. The number of rotatable bonds is 15. The number of alkyl halides is 1. The minimum Gasteiger partial charge on any atom is -0.593 e. The van der Waals surface area contributed by atoms with Gasteiger partial charge in [-0.2, -0.15) is 0 Å². The van der Waals surface area contributed by atoms with Crippen molar-refractivity contribution in [3.05, 3.63) is 81.7 Å². The minimum atomic E-state index is -1.68. The molecule has 50 heavy (non-hydrogen) atoms. The molecule has 274 valence electrons. The summed E-state index contributed by atoms with van der Waals surface area (Å²) in [6, 6.07) is -0.519. The van der Waals surface area contributed by atoms with E-state index in [1.807, 2.05) is 45.9 Å². The van der Waals surface area contributed by atoms with E-state index in [1.165, 1.54) is 6.42 Å². The molecule has 1 saturated carbocycles. The smallest absolute Gasteiger partial charge is 0.214 e. The molecule has 0 radical (unpaired) electrons. The van der Waals surface area contributed by atoms with Crippen LogP contribution in [0.3, 0.4) is 0 Å². The molecule has 5 aliphatic rings. The lowest BCUT2D eigenvalue weighted by Gasteiger charge is -2.40. The lowest BCUT2D eigenvalue weighted by molar-refractivity contribution is 0.0308. The van der Waals surface area contributed by atoms with Crippen molar-refractivity contribution >= 4 is 23.1 Å². The molecule has 0 spiro atoms. The number of aliphatic imine (C=N–C) groups is 1. The summed E-state index contributed by atoms with van der Waals surface area (Å²) in [5.41, 5.74) is 13.1. The minimum absolute atomic E-state index is 0.0120. The van der Waals surface area contributed by atoms with Gasteiger partial charge in [-0.1, -0.05) is 56.6 Å². The molecule has 2 fully saturated rings. The highest BCUT2D eigenvalue weighted by Crippen LogP contribution is 2.45. The molecule has 12 heteroatoms. The van der Waals surface area contributed by atoms with Crippen LogP contribution < -0.4 is 16.3 Å². The molecule has 0 aromatic rings. The summed E-state index contributed by atoms with van der Waals surface area (Å²) in [5.74, 6) is 1.36. The van der Waals surface area contributed by atoms with Gasteiger partial charge >= 0.3 is 0 Å². The first-order valence-corrected chi connectivity index (χ1v) is 19.0. The van der Waals surface area contributed by atoms with Crippen LogP contribution in [0.4, 0.5) is 4.39 Å². The number of halogens is 1.